The summed E-state index contributed by atoms with van der Waals surface area (Å²) in [4.78, 5) is 13.1. The molecule has 0 bridgehead atoms. The van der Waals surface area contributed by atoms with Gasteiger partial charge in [-0.25, -0.2) is 0 Å². The van der Waals surface area contributed by atoms with E-state index in [2.05, 4.69) is 19.2 Å². The van der Waals surface area contributed by atoms with Gasteiger partial charge in [0.15, 0.2) is 6.10 Å². The first-order valence-electron chi connectivity index (χ1n) is 10.8. The summed E-state index contributed by atoms with van der Waals surface area (Å²) in [6.07, 6.45) is 1.94. The zero-order chi connectivity index (χ0) is 21.1. The molecule has 3 aromatic rings. The second-order valence-corrected chi connectivity index (χ2v) is 8.03. The third-order valence-electron chi connectivity index (χ3n) is 6.22. The number of hydrogen-bond donors (Lipinski definition) is 1. The van der Waals surface area contributed by atoms with Crippen LogP contribution in [0, 0.1) is 0 Å². The molecule has 1 aliphatic rings. The Hall–Kier alpha value is -3.01. The zero-order valence-electron chi connectivity index (χ0n) is 17.9. The van der Waals surface area contributed by atoms with Gasteiger partial charge >= 0.3 is 0 Å². The Morgan fingerprint density at radius 3 is 2.57 bits per heavy atom. The van der Waals surface area contributed by atoms with Crippen molar-refractivity contribution < 1.29 is 14.3 Å². The number of amides is 1. The summed E-state index contributed by atoms with van der Waals surface area (Å²) in [7, 11) is 0. The van der Waals surface area contributed by atoms with Crippen molar-refractivity contribution in [3.8, 4) is 11.5 Å². The highest BCUT2D eigenvalue weighted by atomic mass is 16.5. The maximum absolute atomic E-state index is 13.1. The van der Waals surface area contributed by atoms with Gasteiger partial charge in [0.25, 0.3) is 5.91 Å². The Morgan fingerprint density at radius 1 is 1.07 bits per heavy atom. The second-order valence-electron chi connectivity index (χ2n) is 8.03. The Balaban J connectivity index is 1.54. The number of benzene rings is 3. The first kappa shape index (κ1) is 20.3. The molecule has 0 aromatic heterocycles. The highest BCUT2D eigenvalue weighted by Gasteiger charge is 2.39. The Bertz CT molecular complexity index is 1040. The van der Waals surface area contributed by atoms with Crippen LogP contribution in [0.1, 0.15) is 51.6 Å². The minimum atomic E-state index is -0.608. The summed E-state index contributed by atoms with van der Waals surface area (Å²) in [5.74, 6) is 1.46. The highest BCUT2D eigenvalue weighted by molar-refractivity contribution is 5.89. The van der Waals surface area contributed by atoms with Crippen molar-refractivity contribution in [2.45, 2.75) is 57.8 Å². The Labute approximate surface area is 178 Å². The van der Waals surface area contributed by atoms with Gasteiger partial charge in [-0.1, -0.05) is 68.4 Å². The van der Waals surface area contributed by atoms with Crippen LogP contribution in [-0.4, -0.2) is 17.6 Å². The molecule has 0 aliphatic carbocycles. The molecule has 0 saturated carbocycles. The number of para-hydroxylation sites is 1. The van der Waals surface area contributed by atoms with E-state index in [-0.39, 0.29) is 17.6 Å². The van der Waals surface area contributed by atoms with Crippen LogP contribution in [0.5, 0.6) is 11.5 Å². The molecule has 4 rings (SSSR count). The monoisotopic (exact) mass is 403 g/mol. The molecule has 3 aromatic carbocycles. The van der Waals surface area contributed by atoms with E-state index in [0.29, 0.717) is 0 Å². The highest BCUT2D eigenvalue weighted by Crippen LogP contribution is 2.42. The molecule has 0 unspecified atom stereocenters. The van der Waals surface area contributed by atoms with Crippen LogP contribution in [0.15, 0.2) is 66.7 Å². The van der Waals surface area contributed by atoms with E-state index < -0.39 is 6.10 Å². The minimum absolute atomic E-state index is 0.0964. The van der Waals surface area contributed by atoms with Crippen molar-refractivity contribution in [3.63, 3.8) is 0 Å². The second kappa shape index (κ2) is 8.39. The number of fused-ring (bicyclic) bond motifs is 2. The van der Waals surface area contributed by atoms with Gasteiger partial charge in [0.1, 0.15) is 17.1 Å². The van der Waals surface area contributed by atoms with E-state index in [0.717, 1.165) is 47.1 Å². The van der Waals surface area contributed by atoms with E-state index in [9.17, 15) is 4.79 Å². The fourth-order valence-corrected chi connectivity index (χ4v) is 4.26. The van der Waals surface area contributed by atoms with Gasteiger partial charge in [0, 0.05) is 17.4 Å². The van der Waals surface area contributed by atoms with Crippen LogP contribution in [0.4, 0.5) is 0 Å². The van der Waals surface area contributed by atoms with E-state index in [1.807, 2.05) is 66.7 Å². The summed E-state index contributed by atoms with van der Waals surface area (Å²) in [6.45, 7) is 6.08. The predicted octanol–water partition coefficient (Wildman–Crippen LogP) is 5.81. The van der Waals surface area contributed by atoms with Crippen molar-refractivity contribution in [3.05, 3.63) is 72.3 Å². The number of hydrogen-bond acceptors (Lipinski definition) is 3. The van der Waals surface area contributed by atoms with Crippen LogP contribution in [0.2, 0.25) is 0 Å². The van der Waals surface area contributed by atoms with Gasteiger partial charge in [-0.15, -0.1) is 0 Å². The van der Waals surface area contributed by atoms with E-state index in [1.54, 1.807) is 6.92 Å². The molecular weight excluding hydrogens is 374 g/mol. The van der Waals surface area contributed by atoms with Gasteiger partial charge in [-0.3, -0.25) is 4.79 Å². The van der Waals surface area contributed by atoms with Crippen LogP contribution in [-0.2, 0) is 4.79 Å². The molecule has 4 heteroatoms. The summed E-state index contributed by atoms with van der Waals surface area (Å²) in [5.41, 5.74) is 0.771. The van der Waals surface area contributed by atoms with Gasteiger partial charge in [-0.05, 0) is 37.3 Å². The van der Waals surface area contributed by atoms with Crippen molar-refractivity contribution in [2.24, 2.45) is 0 Å². The average molecular weight is 404 g/mol. The van der Waals surface area contributed by atoms with Crippen molar-refractivity contribution in [1.29, 1.82) is 0 Å². The maximum atomic E-state index is 13.1. The predicted molar refractivity (Wildman–Crippen MR) is 120 cm³/mol. The molecule has 1 aliphatic heterocycles. The van der Waals surface area contributed by atoms with Crippen molar-refractivity contribution >= 4 is 16.7 Å². The standard InChI is InChI=1S/C26H29NO3/c1-4-26(5-2)17-22(21-14-8-9-15-24(21)30-26)27-25(28)18(3)29-23-16-10-12-19-11-6-7-13-20(19)23/h6-16,18,22H,4-5,17H2,1-3H3,(H,27,28)/t18-,22-/m1/s1. The molecule has 0 fully saturated rings. The number of carbonyl (C=O) groups excluding carboxylic acids is 1. The van der Waals surface area contributed by atoms with Crippen molar-refractivity contribution in [1.82, 2.24) is 5.32 Å². The van der Waals surface area contributed by atoms with Gasteiger partial charge < -0.3 is 14.8 Å². The zero-order valence-corrected chi connectivity index (χ0v) is 17.9. The number of ether oxygens (including phenoxy) is 2. The molecule has 2 atom stereocenters. The maximum Gasteiger partial charge on any atom is 0.261 e. The Morgan fingerprint density at radius 2 is 1.77 bits per heavy atom. The molecule has 156 valence electrons. The van der Waals surface area contributed by atoms with Crippen LogP contribution >= 0.6 is 0 Å². The quantitative estimate of drug-likeness (QED) is 0.565. The third-order valence-corrected chi connectivity index (χ3v) is 6.22. The minimum Gasteiger partial charge on any atom is -0.487 e. The molecule has 0 spiro atoms. The lowest BCUT2D eigenvalue weighted by Crippen LogP contribution is -2.46. The Kier molecular flexibility index (Phi) is 5.67. The van der Waals surface area contributed by atoms with E-state index in [1.165, 1.54) is 0 Å². The molecule has 0 saturated heterocycles. The number of carbonyl (C=O) groups is 1. The summed E-state index contributed by atoms with van der Waals surface area (Å²) >= 11 is 0. The number of nitrogens with one attached hydrogen (secondary N) is 1. The van der Waals surface area contributed by atoms with E-state index in [4.69, 9.17) is 9.47 Å². The molecule has 1 N–H and O–H groups in total. The molecular formula is C26H29NO3. The molecule has 4 nitrogen and oxygen atoms in total. The number of rotatable bonds is 6. The molecule has 0 radical (unpaired) electrons. The van der Waals surface area contributed by atoms with Crippen LogP contribution in [0.3, 0.4) is 0 Å². The lowest BCUT2D eigenvalue weighted by atomic mass is 9.83. The summed E-state index contributed by atoms with van der Waals surface area (Å²) in [6, 6.07) is 21.8. The first-order valence-corrected chi connectivity index (χ1v) is 10.8. The molecule has 30 heavy (non-hydrogen) atoms. The normalized spacial score (nSPS) is 18.2. The first-order chi connectivity index (χ1) is 14.5. The van der Waals surface area contributed by atoms with E-state index >= 15 is 0 Å². The fourth-order valence-electron chi connectivity index (χ4n) is 4.26. The van der Waals surface area contributed by atoms with Gasteiger partial charge in [-0.2, -0.15) is 0 Å². The topological polar surface area (TPSA) is 47.6 Å². The fraction of sp³-hybridized carbons (Fsp3) is 0.346. The molecule has 1 heterocycles. The summed E-state index contributed by atoms with van der Waals surface area (Å²) < 4.78 is 12.4. The van der Waals surface area contributed by atoms with Gasteiger partial charge in [0.2, 0.25) is 0 Å². The smallest absolute Gasteiger partial charge is 0.261 e. The lowest BCUT2D eigenvalue weighted by molar-refractivity contribution is -0.128. The lowest BCUT2D eigenvalue weighted by Gasteiger charge is -2.41. The van der Waals surface area contributed by atoms with Crippen LogP contribution < -0.4 is 14.8 Å². The van der Waals surface area contributed by atoms with Gasteiger partial charge in [0.05, 0.1) is 6.04 Å². The SMILES string of the molecule is CCC1(CC)C[C@@H](NC(=O)[C@@H](C)Oc2cccc3ccccc23)c2ccccc2O1. The average Bonchev–Trinajstić information content (AvgIpc) is 2.79. The largest absolute Gasteiger partial charge is 0.487 e. The molecule has 1 amide bonds. The van der Waals surface area contributed by atoms with Crippen LogP contribution in [0.25, 0.3) is 10.8 Å². The third kappa shape index (κ3) is 3.87. The summed E-state index contributed by atoms with van der Waals surface area (Å²) in [5, 5.41) is 5.32. The van der Waals surface area contributed by atoms with Crippen molar-refractivity contribution in [2.75, 3.05) is 0 Å².